The lowest BCUT2D eigenvalue weighted by Gasteiger charge is -2.35. The lowest BCUT2D eigenvalue weighted by atomic mass is 9.80. The molecule has 1 unspecified atom stereocenters. The molecule has 1 aromatic rings. The van der Waals surface area contributed by atoms with E-state index in [9.17, 15) is 5.11 Å². The van der Waals surface area contributed by atoms with Crippen LogP contribution in [-0.4, -0.2) is 78.6 Å². The summed E-state index contributed by atoms with van der Waals surface area (Å²) in [5.41, 5.74) is 2.55. The summed E-state index contributed by atoms with van der Waals surface area (Å²) in [5.74, 6) is 0.868. The first-order valence-electron chi connectivity index (χ1n) is 10.5. The zero-order chi connectivity index (χ0) is 20.9. The van der Waals surface area contributed by atoms with Gasteiger partial charge in [0.25, 0.3) is 0 Å². The third-order valence-corrected chi connectivity index (χ3v) is 5.43. The summed E-state index contributed by atoms with van der Waals surface area (Å²) in [7, 11) is 0. The van der Waals surface area contributed by atoms with E-state index in [0.29, 0.717) is 13.2 Å². The van der Waals surface area contributed by atoms with Crippen molar-refractivity contribution in [1.29, 1.82) is 0 Å². The second kappa shape index (κ2) is 12.5. The number of piperazine rings is 1. The quantitative estimate of drug-likeness (QED) is 0.646. The van der Waals surface area contributed by atoms with Crippen LogP contribution in [0.2, 0.25) is 0 Å². The fourth-order valence-electron chi connectivity index (χ4n) is 3.58. The Labute approximate surface area is 195 Å². The molecule has 1 atom stereocenters. The van der Waals surface area contributed by atoms with Crippen LogP contribution in [0.15, 0.2) is 18.2 Å². The monoisotopic (exact) mass is 464 g/mol. The molecule has 1 aliphatic heterocycles. The predicted molar refractivity (Wildman–Crippen MR) is 130 cm³/mol. The Morgan fingerprint density at radius 3 is 2.00 bits per heavy atom. The van der Waals surface area contributed by atoms with Gasteiger partial charge in [0.2, 0.25) is 0 Å². The molecular weight excluding hydrogens is 423 g/mol. The van der Waals surface area contributed by atoms with Crippen molar-refractivity contribution < 1.29 is 14.9 Å². The van der Waals surface area contributed by atoms with Crippen LogP contribution in [0.25, 0.3) is 0 Å². The first kappa shape index (κ1) is 29.4. The summed E-state index contributed by atoms with van der Waals surface area (Å²) in [4.78, 5) is 4.53. The molecule has 0 bridgehead atoms. The molecule has 2 N–H and O–H groups in total. The number of β-amino-alcohol motifs (C(OH)–C–C–N with tert-alkyl or cyclic N) is 2. The van der Waals surface area contributed by atoms with Gasteiger partial charge in [-0.25, -0.2) is 0 Å². The number of aliphatic hydroxyl groups excluding tert-OH is 2. The maximum absolute atomic E-state index is 10.5. The highest BCUT2D eigenvalue weighted by Gasteiger charge is 2.24. The lowest BCUT2D eigenvalue weighted by Crippen LogP contribution is -2.49. The minimum Gasteiger partial charge on any atom is -0.491 e. The number of benzene rings is 1. The summed E-state index contributed by atoms with van der Waals surface area (Å²) < 4.78 is 6.07. The van der Waals surface area contributed by atoms with E-state index in [0.717, 1.165) is 38.5 Å². The number of rotatable bonds is 7. The van der Waals surface area contributed by atoms with Crippen molar-refractivity contribution in [2.24, 2.45) is 0 Å². The van der Waals surface area contributed by atoms with E-state index in [2.05, 4.69) is 69.5 Å². The Bertz CT molecular complexity index is 622. The van der Waals surface area contributed by atoms with Crippen molar-refractivity contribution in [3.63, 3.8) is 0 Å². The van der Waals surface area contributed by atoms with Gasteiger partial charge in [0.1, 0.15) is 18.5 Å². The van der Waals surface area contributed by atoms with Gasteiger partial charge in [-0.15, -0.1) is 24.8 Å². The largest absolute Gasteiger partial charge is 0.491 e. The molecule has 0 radical (unpaired) electrons. The molecule has 0 aliphatic carbocycles. The SMILES string of the molecule is CC(C)(C)c1ccc(OCC(O)CN2CCN(CCO)CC2)c(C(C)(C)C)c1.Cl.Cl. The van der Waals surface area contributed by atoms with Gasteiger partial charge >= 0.3 is 0 Å². The lowest BCUT2D eigenvalue weighted by molar-refractivity contribution is 0.0424. The molecule has 2 rings (SSSR count). The van der Waals surface area contributed by atoms with Crippen molar-refractivity contribution in [3.05, 3.63) is 29.3 Å². The number of nitrogens with zero attached hydrogens (tertiary/aromatic N) is 2. The number of aliphatic hydroxyl groups is 2. The minimum atomic E-state index is -0.514. The van der Waals surface area contributed by atoms with Gasteiger partial charge < -0.3 is 14.9 Å². The molecule has 1 heterocycles. The van der Waals surface area contributed by atoms with E-state index in [-0.39, 0.29) is 42.3 Å². The first-order chi connectivity index (χ1) is 13.0. The smallest absolute Gasteiger partial charge is 0.123 e. The second-order valence-electron chi connectivity index (χ2n) is 10.0. The molecule has 1 saturated heterocycles. The van der Waals surface area contributed by atoms with Crippen LogP contribution in [0.1, 0.15) is 52.7 Å². The van der Waals surface area contributed by atoms with Crippen molar-refractivity contribution in [2.45, 2.75) is 58.5 Å². The molecule has 30 heavy (non-hydrogen) atoms. The van der Waals surface area contributed by atoms with E-state index in [1.54, 1.807) is 0 Å². The topological polar surface area (TPSA) is 56.2 Å². The Morgan fingerprint density at radius 2 is 1.50 bits per heavy atom. The predicted octanol–water partition coefficient (Wildman–Crippen LogP) is 3.47. The highest BCUT2D eigenvalue weighted by atomic mass is 35.5. The fourth-order valence-corrected chi connectivity index (χ4v) is 3.58. The average molecular weight is 466 g/mol. The Hall–Kier alpha value is -0.560. The van der Waals surface area contributed by atoms with Crippen LogP contribution in [-0.2, 0) is 10.8 Å². The molecule has 0 saturated carbocycles. The van der Waals surface area contributed by atoms with Crippen molar-refractivity contribution in [2.75, 3.05) is 52.5 Å². The third-order valence-electron chi connectivity index (χ3n) is 5.43. The van der Waals surface area contributed by atoms with Crippen LogP contribution in [0.5, 0.6) is 5.75 Å². The number of ether oxygens (including phenoxy) is 1. The number of hydrogen-bond donors (Lipinski definition) is 2. The number of hydrogen-bond acceptors (Lipinski definition) is 5. The van der Waals surface area contributed by atoms with E-state index in [1.807, 2.05) is 0 Å². The zero-order valence-corrected chi connectivity index (χ0v) is 21.1. The Balaban J connectivity index is 0.00000420. The summed E-state index contributed by atoms with van der Waals surface area (Å²) in [6.45, 7) is 18.9. The summed E-state index contributed by atoms with van der Waals surface area (Å²) >= 11 is 0. The molecule has 0 aromatic heterocycles. The van der Waals surface area contributed by atoms with Crippen molar-refractivity contribution in [1.82, 2.24) is 9.80 Å². The Kier molecular flexibility index (Phi) is 12.2. The molecule has 7 heteroatoms. The van der Waals surface area contributed by atoms with Gasteiger partial charge in [0.05, 0.1) is 6.61 Å². The van der Waals surface area contributed by atoms with E-state index < -0.39 is 6.10 Å². The molecule has 0 amide bonds. The van der Waals surface area contributed by atoms with Gasteiger partial charge in [0.15, 0.2) is 0 Å². The molecule has 0 spiro atoms. The zero-order valence-electron chi connectivity index (χ0n) is 19.5. The van der Waals surface area contributed by atoms with Crippen LogP contribution in [0, 0.1) is 0 Å². The summed E-state index contributed by atoms with van der Waals surface area (Å²) in [6, 6.07) is 6.45. The first-order valence-corrected chi connectivity index (χ1v) is 10.5. The van der Waals surface area contributed by atoms with Gasteiger partial charge in [-0.1, -0.05) is 53.7 Å². The van der Waals surface area contributed by atoms with Crippen molar-refractivity contribution in [3.8, 4) is 5.75 Å². The van der Waals surface area contributed by atoms with Gasteiger partial charge in [-0.05, 0) is 28.0 Å². The maximum Gasteiger partial charge on any atom is 0.123 e. The van der Waals surface area contributed by atoms with Gasteiger partial charge in [-0.2, -0.15) is 0 Å². The van der Waals surface area contributed by atoms with Gasteiger partial charge in [-0.3, -0.25) is 9.80 Å². The van der Waals surface area contributed by atoms with E-state index in [1.165, 1.54) is 11.1 Å². The molecule has 1 aliphatic rings. The summed E-state index contributed by atoms with van der Waals surface area (Å²) in [6.07, 6.45) is -0.514. The average Bonchev–Trinajstić information content (AvgIpc) is 2.60. The van der Waals surface area contributed by atoms with E-state index >= 15 is 0 Å². The van der Waals surface area contributed by atoms with Crippen LogP contribution >= 0.6 is 24.8 Å². The fraction of sp³-hybridized carbons (Fsp3) is 0.739. The Morgan fingerprint density at radius 1 is 0.933 bits per heavy atom. The molecule has 176 valence electrons. The summed E-state index contributed by atoms with van der Waals surface area (Å²) in [5, 5.41) is 19.5. The van der Waals surface area contributed by atoms with E-state index in [4.69, 9.17) is 9.84 Å². The standard InChI is InChI=1S/C23H40N2O3.2ClH/c1-22(2,3)18-7-8-21(20(15-18)23(4,5)6)28-17-19(27)16-25-11-9-24(10-12-25)13-14-26;;/h7-8,15,19,26-27H,9-14,16-17H2,1-6H3;2*1H. The number of halogens is 2. The van der Waals surface area contributed by atoms with Crippen LogP contribution < -0.4 is 4.74 Å². The molecule has 1 fully saturated rings. The van der Waals surface area contributed by atoms with Crippen molar-refractivity contribution >= 4 is 24.8 Å². The molecule has 1 aromatic carbocycles. The third kappa shape index (κ3) is 8.89. The molecular formula is C23H42Cl2N2O3. The highest BCUT2D eigenvalue weighted by Crippen LogP contribution is 2.35. The normalized spacial score (nSPS) is 17.1. The van der Waals surface area contributed by atoms with Gasteiger partial charge in [0, 0.05) is 39.3 Å². The molecule has 5 nitrogen and oxygen atoms in total. The highest BCUT2D eigenvalue weighted by molar-refractivity contribution is 5.85. The maximum atomic E-state index is 10.5. The minimum absolute atomic E-state index is 0. The van der Waals surface area contributed by atoms with Crippen LogP contribution in [0.3, 0.4) is 0 Å². The second-order valence-corrected chi connectivity index (χ2v) is 10.0. The van der Waals surface area contributed by atoms with Crippen LogP contribution in [0.4, 0.5) is 0 Å².